The molecule has 0 spiro atoms. The number of carbonyl (C=O) groups excluding carboxylic acids is 2. The van der Waals surface area contributed by atoms with E-state index in [1.54, 1.807) is 13.8 Å². The van der Waals surface area contributed by atoms with Gasteiger partial charge in [-0.3, -0.25) is 9.59 Å². The molecule has 5 heteroatoms. The molecule has 0 aliphatic carbocycles. The van der Waals surface area contributed by atoms with Crippen LogP contribution in [-0.2, 0) is 14.3 Å². The maximum Gasteiger partial charge on any atom is 0.308 e. The van der Waals surface area contributed by atoms with Crippen molar-refractivity contribution in [3.63, 3.8) is 0 Å². The zero-order chi connectivity index (χ0) is 9.72. The maximum atomic E-state index is 10.9. The second-order valence-corrected chi connectivity index (χ2v) is 2.75. The zero-order valence-electron chi connectivity index (χ0n) is 7.24. The van der Waals surface area contributed by atoms with Crippen molar-refractivity contribution < 1.29 is 14.3 Å². The van der Waals surface area contributed by atoms with Crippen molar-refractivity contribution in [2.45, 2.75) is 32.4 Å². The van der Waals surface area contributed by atoms with E-state index in [2.05, 4.69) is 0 Å². The number of rotatable bonds is 4. The first-order valence-electron chi connectivity index (χ1n) is 3.68. The molecule has 5 nitrogen and oxygen atoms in total. The number of amides is 1. The molecule has 0 bridgehead atoms. The molecular formula is C7H14N2O3. The van der Waals surface area contributed by atoms with Gasteiger partial charge in [0.1, 0.15) is 0 Å². The third-order valence-electron chi connectivity index (χ3n) is 1.12. The first kappa shape index (κ1) is 10.9. The fourth-order valence-corrected chi connectivity index (χ4v) is 0.591. The zero-order valence-corrected chi connectivity index (χ0v) is 7.24. The van der Waals surface area contributed by atoms with E-state index in [4.69, 9.17) is 16.2 Å². The van der Waals surface area contributed by atoms with Crippen LogP contribution in [0.1, 0.15) is 20.3 Å². The first-order chi connectivity index (χ1) is 5.43. The van der Waals surface area contributed by atoms with Crippen molar-refractivity contribution in [3.8, 4) is 0 Å². The van der Waals surface area contributed by atoms with E-state index in [9.17, 15) is 9.59 Å². The van der Waals surface area contributed by atoms with E-state index in [1.807, 2.05) is 0 Å². The minimum atomic E-state index is -0.948. The summed E-state index contributed by atoms with van der Waals surface area (Å²) in [6.07, 6.45) is -0.356. The predicted octanol–water partition coefficient (Wildman–Crippen LogP) is -0.859. The molecule has 0 saturated carbocycles. The number of ether oxygens (including phenoxy) is 1. The van der Waals surface area contributed by atoms with Crippen LogP contribution < -0.4 is 11.5 Å². The van der Waals surface area contributed by atoms with Crippen LogP contribution in [-0.4, -0.2) is 24.0 Å². The Labute approximate surface area is 71.0 Å². The third kappa shape index (κ3) is 4.68. The molecule has 0 unspecified atom stereocenters. The fourth-order valence-electron chi connectivity index (χ4n) is 0.591. The summed E-state index contributed by atoms with van der Waals surface area (Å²) in [4.78, 5) is 21.3. The standard InChI is InChI=1S/C7H14N2O3/c1-4(2)12-6(10)3-5(8)7(9)11/h4-5H,3,8H2,1-2H3,(H2,9,11)/t5-/m0/s1. The summed E-state index contributed by atoms with van der Waals surface area (Å²) in [6, 6.07) is -0.948. The molecule has 0 fully saturated rings. The lowest BCUT2D eigenvalue weighted by Gasteiger charge is -2.09. The number of hydrogen-bond donors (Lipinski definition) is 2. The Balaban J connectivity index is 3.77. The lowest BCUT2D eigenvalue weighted by atomic mass is 10.2. The summed E-state index contributed by atoms with van der Waals surface area (Å²) in [5.74, 6) is -1.20. The van der Waals surface area contributed by atoms with Crippen LogP contribution >= 0.6 is 0 Å². The van der Waals surface area contributed by atoms with Gasteiger partial charge in [0.15, 0.2) is 0 Å². The van der Waals surface area contributed by atoms with Crippen LogP contribution in [0.4, 0.5) is 0 Å². The third-order valence-corrected chi connectivity index (χ3v) is 1.12. The van der Waals surface area contributed by atoms with E-state index < -0.39 is 17.9 Å². The number of carbonyl (C=O) groups is 2. The Morgan fingerprint density at radius 2 is 1.92 bits per heavy atom. The SMILES string of the molecule is CC(C)OC(=O)C[C@H](N)C(N)=O. The molecule has 0 aliphatic rings. The van der Waals surface area contributed by atoms with Crippen molar-refractivity contribution >= 4 is 11.9 Å². The van der Waals surface area contributed by atoms with Gasteiger partial charge in [-0.05, 0) is 13.8 Å². The summed E-state index contributed by atoms with van der Waals surface area (Å²) in [5, 5.41) is 0. The molecule has 0 heterocycles. The highest BCUT2D eigenvalue weighted by molar-refractivity contribution is 5.85. The normalized spacial score (nSPS) is 12.7. The Morgan fingerprint density at radius 1 is 1.42 bits per heavy atom. The summed E-state index contributed by atoms with van der Waals surface area (Å²) in [6.45, 7) is 3.43. The van der Waals surface area contributed by atoms with Gasteiger partial charge in [-0.15, -0.1) is 0 Å². The highest BCUT2D eigenvalue weighted by atomic mass is 16.5. The topological polar surface area (TPSA) is 95.4 Å². The Hall–Kier alpha value is -1.10. The van der Waals surface area contributed by atoms with Crippen molar-refractivity contribution in [3.05, 3.63) is 0 Å². The number of primary amides is 1. The Kier molecular flexibility index (Phi) is 4.28. The minimum absolute atomic E-state index is 0.159. The van der Waals surface area contributed by atoms with Crippen LogP contribution in [0, 0.1) is 0 Å². The van der Waals surface area contributed by atoms with Crippen molar-refractivity contribution in [2.24, 2.45) is 11.5 Å². The van der Waals surface area contributed by atoms with Gasteiger partial charge in [0.2, 0.25) is 5.91 Å². The number of hydrogen-bond acceptors (Lipinski definition) is 4. The van der Waals surface area contributed by atoms with E-state index in [-0.39, 0.29) is 12.5 Å². The largest absolute Gasteiger partial charge is 0.463 e. The van der Waals surface area contributed by atoms with Crippen LogP contribution in [0.3, 0.4) is 0 Å². The van der Waals surface area contributed by atoms with Crippen LogP contribution in [0.15, 0.2) is 0 Å². The molecule has 0 radical (unpaired) electrons. The van der Waals surface area contributed by atoms with Crippen molar-refractivity contribution in [2.75, 3.05) is 0 Å². The van der Waals surface area contributed by atoms with Crippen LogP contribution in [0.2, 0.25) is 0 Å². The Bertz CT molecular complexity index is 179. The molecule has 12 heavy (non-hydrogen) atoms. The molecule has 0 aliphatic heterocycles. The maximum absolute atomic E-state index is 10.9. The highest BCUT2D eigenvalue weighted by Crippen LogP contribution is 1.95. The Morgan fingerprint density at radius 3 is 2.25 bits per heavy atom. The molecule has 1 atom stereocenters. The first-order valence-corrected chi connectivity index (χ1v) is 3.68. The molecule has 0 rings (SSSR count). The molecule has 1 amide bonds. The molecular weight excluding hydrogens is 160 g/mol. The van der Waals surface area contributed by atoms with E-state index in [1.165, 1.54) is 0 Å². The fraction of sp³-hybridized carbons (Fsp3) is 0.714. The second-order valence-electron chi connectivity index (χ2n) is 2.75. The predicted molar refractivity (Wildman–Crippen MR) is 43.0 cm³/mol. The number of esters is 1. The number of nitrogens with two attached hydrogens (primary N) is 2. The van der Waals surface area contributed by atoms with Gasteiger partial charge in [-0.25, -0.2) is 0 Å². The van der Waals surface area contributed by atoms with Crippen molar-refractivity contribution in [1.29, 1.82) is 0 Å². The molecule has 0 aromatic carbocycles. The van der Waals surface area contributed by atoms with Gasteiger partial charge < -0.3 is 16.2 Å². The van der Waals surface area contributed by atoms with Crippen LogP contribution in [0.25, 0.3) is 0 Å². The minimum Gasteiger partial charge on any atom is -0.463 e. The van der Waals surface area contributed by atoms with E-state index in [0.717, 1.165) is 0 Å². The van der Waals surface area contributed by atoms with Gasteiger partial charge >= 0.3 is 5.97 Å². The molecule has 4 N–H and O–H groups in total. The van der Waals surface area contributed by atoms with Gasteiger partial charge in [-0.2, -0.15) is 0 Å². The smallest absolute Gasteiger partial charge is 0.308 e. The quantitative estimate of drug-likeness (QED) is 0.542. The van der Waals surface area contributed by atoms with E-state index >= 15 is 0 Å². The lowest BCUT2D eigenvalue weighted by Crippen LogP contribution is -2.38. The second kappa shape index (κ2) is 4.71. The van der Waals surface area contributed by atoms with Gasteiger partial charge in [-0.1, -0.05) is 0 Å². The lowest BCUT2D eigenvalue weighted by molar-refractivity contribution is -0.148. The molecule has 0 aromatic heterocycles. The molecule has 0 saturated heterocycles. The average Bonchev–Trinajstić information content (AvgIpc) is 1.84. The highest BCUT2D eigenvalue weighted by Gasteiger charge is 2.15. The summed E-state index contributed by atoms with van der Waals surface area (Å²) in [7, 11) is 0. The molecule has 70 valence electrons. The van der Waals surface area contributed by atoms with Crippen LogP contribution in [0.5, 0.6) is 0 Å². The molecule has 0 aromatic rings. The van der Waals surface area contributed by atoms with Gasteiger partial charge in [0.25, 0.3) is 0 Å². The summed E-state index contributed by atoms with van der Waals surface area (Å²) < 4.78 is 4.74. The average molecular weight is 174 g/mol. The van der Waals surface area contributed by atoms with Gasteiger partial charge in [0, 0.05) is 0 Å². The van der Waals surface area contributed by atoms with E-state index in [0.29, 0.717) is 0 Å². The monoisotopic (exact) mass is 174 g/mol. The summed E-state index contributed by atoms with van der Waals surface area (Å²) in [5.41, 5.74) is 10.1. The summed E-state index contributed by atoms with van der Waals surface area (Å²) >= 11 is 0. The van der Waals surface area contributed by atoms with Crippen molar-refractivity contribution in [1.82, 2.24) is 0 Å². The van der Waals surface area contributed by atoms with Gasteiger partial charge in [0.05, 0.1) is 18.6 Å².